The second kappa shape index (κ2) is 14.2. The van der Waals surface area contributed by atoms with Crippen molar-refractivity contribution in [2.75, 3.05) is 14.1 Å². The first-order chi connectivity index (χ1) is 23.7. The summed E-state index contributed by atoms with van der Waals surface area (Å²) in [7, 11) is 4.25. The zero-order chi connectivity index (χ0) is 34.2. The number of hydrogen-bond acceptors (Lipinski definition) is 7. The van der Waals surface area contributed by atoms with E-state index in [0.29, 0.717) is 24.9 Å². The number of aryl methyl sites for hydroxylation is 2. The highest BCUT2D eigenvalue weighted by Crippen LogP contribution is 2.41. The lowest BCUT2D eigenvalue weighted by Gasteiger charge is -2.38. The first-order valence-corrected chi connectivity index (χ1v) is 18.3. The lowest BCUT2D eigenvalue weighted by atomic mass is 9.91. The van der Waals surface area contributed by atoms with E-state index in [1.54, 1.807) is 6.20 Å². The predicted molar refractivity (Wildman–Crippen MR) is 200 cm³/mol. The number of halogens is 2. The molecule has 0 saturated carbocycles. The molecule has 4 atom stereocenters. The van der Waals surface area contributed by atoms with E-state index < -0.39 is 0 Å². The van der Waals surface area contributed by atoms with Gasteiger partial charge in [-0.15, -0.1) is 0 Å². The SMILES string of the molecule is Cc1cccnc1[C@@H]1CC(=O)C[C@H](c2nc3c(Br)cccc3[nH]2)N1C.Cc1cccnc1[C@@H]1CCC[C@H](c2nc3c(Br)cccc3[nH]2)N1C. The highest BCUT2D eigenvalue weighted by molar-refractivity contribution is 9.11. The Balaban J connectivity index is 0.000000154. The summed E-state index contributed by atoms with van der Waals surface area (Å²) in [6, 6.07) is 20.8. The third-order valence-corrected chi connectivity index (χ3v) is 11.4. The number of nitrogens with zero attached hydrogens (tertiary/aromatic N) is 6. The molecule has 0 radical (unpaired) electrons. The van der Waals surface area contributed by atoms with Crippen LogP contribution < -0.4 is 0 Å². The number of aromatic amines is 2. The summed E-state index contributed by atoms with van der Waals surface area (Å²) in [6.07, 6.45) is 8.12. The van der Waals surface area contributed by atoms with Crippen molar-refractivity contribution in [2.24, 2.45) is 0 Å². The van der Waals surface area contributed by atoms with Gasteiger partial charge in [-0.25, -0.2) is 9.97 Å². The van der Waals surface area contributed by atoms with E-state index in [2.05, 4.69) is 94.7 Å². The molecule has 2 N–H and O–H groups in total. The summed E-state index contributed by atoms with van der Waals surface area (Å²) in [6.45, 7) is 4.20. The molecular weight excluding hydrogens is 744 g/mol. The van der Waals surface area contributed by atoms with Crippen LogP contribution in [0, 0.1) is 13.8 Å². The standard InChI is InChI=1S/C19H19BrN4O.C19H21BrN4/c1-11-5-4-8-21-17(11)15-9-12(25)10-16(24(15)2)19-22-14-7-3-6-13(20)18(14)23-19;1-12-6-5-11-21-17(12)15-9-4-10-16(24(15)2)19-22-14-8-3-7-13(20)18(14)23-19/h3-8,15-16H,9-10H2,1-2H3,(H,22,23);3,5-8,11,15-16H,4,9-10H2,1-2H3,(H,22,23)/t2*15-,16+/m00/s1. The van der Waals surface area contributed by atoms with Gasteiger partial charge in [-0.3, -0.25) is 24.6 Å². The van der Waals surface area contributed by atoms with Crippen molar-refractivity contribution < 1.29 is 4.79 Å². The topological polar surface area (TPSA) is 107 Å². The number of imidazole rings is 2. The highest BCUT2D eigenvalue weighted by Gasteiger charge is 2.37. The Kier molecular flexibility index (Phi) is 9.79. The number of piperidine rings is 2. The van der Waals surface area contributed by atoms with Crippen LogP contribution in [0.4, 0.5) is 0 Å². The zero-order valence-corrected chi connectivity index (χ0v) is 31.3. The van der Waals surface area contributed by atoms with Gasteiger partial charge in [0.2, 0.25) is 0 Å². The van der Waals surface area contributed by atoms with Gasteiger partial charge in [-0.1, -0.05) is 24.3 Å². The molecule has 0 unspecified atom stereocenters. The van der Waals surface area contributed by atoms with Gasteiger partial charge < -0.3 is 9.97 Å². The molecule has 11 heteroatoms. The minimum absolute atomic E-state index is 0.0240. The van der Waals surface area contributed by atoms with Gasteiger partial charge in [0, 0.05) is 34.2 Å². The normalized spacial score (nSPS) is 22.0. The molecule has 4 aromatic heterocycles. The van der Waals surface area contributed by atoms with Crippen LogP contribution in [0.5, 0.6) is 0 Å². The van der Waals surface area contributed by atoms with E-state index in [1.807, 2.05) is 61.7 Å². The number of nitrogens with one attached hydrogen (secondary N) is 2. The molecule has 6 aromatic rings. The summed E-state index contributed by atoms with van der Waals surface area (Å²) >= 11 is 7.15. The molecule has 0 bridgehead atoms. The highest BCUT2D eigenvalue weighted by atomic mass is 79.9. The number of aromatic nitrogens is 6. The quantitative estimate of drug-likeness (QED) is 0.184. The molecule has 2 fully saturated rings. The van der Waals surface area contributed by atoms with Crippen LogP contribution in [0.3, 0.4) is 0 Å². The summed E-state index contributed by atoms with van der Waals surface area (Å²) in [5.41, 5.74) is 8.52. The number of Topliss-reactive ketones (excluding diaryl/α,β-unsaturated/α-hetero) is 1. The molecule has 2 aromatic carbocycles. The van der Waals surface area contributed by atoms with E-state index in [1.165, 1.54) is 17.7 Å². The maximum Gasteiger partial charge on any atom is 0.136 e. The van der Waals surface area contributed by atoms with Gasteiger partial charge in [0.25, 0.3) is 0 Å². The molecule has 9 nitrogen and oxygen atoms in total. The average molecular weight is 785 g/mol. The van der Waals surface area contributed by atoms with Crippen LogP contribution >= 0.6 is 31.9 Å². The third kappa shape index (κ3) is 6.73. The Morgan fingerprint density at radius 3 is 1.69 bits per heavy atom. The molecule has 8 rings (SSSR count). The number of para-hydroxylation sites is 2. The van der Waals surface area contributed by atoms with Crippen LogP contribution in [0.2, 0.25) is 0 Å². The largest absolute Gasteiger partial charge is 0.341 e. The van der Waals surface area contributed by atoms with Crippen LogP contribution in [0.1, 0.15) is 90.4 Å². The molecule has 0 amide bonds. The van der Waals surface area contributed by atoms with Gasteiger partial charge in [-0.2, -0.15) is 0 Å². The van der Waals surface area contributed by atoms with E-state index in [9.17, 15) is 4.79 Å². The van der Waals surface area contributed by atoms with Crippen molar-refractivity contribution in [1.29, 1.82) is 0 Å². The number of H-pyrrole nitrogens is 2. The monoisotopic (exact) mass is 782 g/mol. The van der Waals surface area contributed by atoms with Crippen LogP contribution in [-0.2, 0) is 4.79 Å². The van der Waals surface area contributed by atoms with Crippen molar-refractivity contribution in [3.05, 3.63) is 116 Å². The first kappa shape index (κ1) is 33.7. The Hall–Kier alpha value is -3.77. The number of pyridine rings is 2. The Labute approximate surface area is 303 Å². The lowest BCUT2D eigenvalue weighted by Crippen LogP contribution is -2.38. The third-order valence-electron chi connectivity index (χ3n) is 10.1. The van der Waals surface area contributed by atoms with E-state index in [-0.39, 0.29) is 17.9 Å². The minimum Gasteiger partial charge on any atom is -0.341 e. The van der Waals surface area contributed by atoms with Crippen LogP contribution in [-0.4, -0.2) is 59.6 Å². The second-order valence-electron chi connectivity index (χ2n) is 13.2. The Morgan fingerprint density at radius 1 is 0.653 bits per heavy atom. The van der Waals surface area contributed by atoms with Crippen LogP contribution in [0.25, 0.3) is 22.1 Å². The maximum atomic E-state index is 12.5. The zero-order valence-electron chi connectivity index (χ0n) is 28.1. The number of likely N-dealkylation sites (tertiary alicyclic amines) is 2. The molecule has 2 aliphatic heterocycles. The number of ketones is 1. The van der Waals surface area contributed by atoms with Gasteiger partial charge in [0.15, 0.2) is 0 Å². The van der Waals surface area contributed by atoms with E-state index >= 15 is 0 Å². The summed E-state index contributed by atoms with van der Waals surface area (Å²) < 4.78 is 1.99. The summed E-state index contributed by atoms with van der Waals surface area (Å²) in [4.78, 5) is 42.9. The average Bonchev–Trinajstić information content (AvgIpc) is 3.73. The molecule has 2 saturated heterocycles. The number of rotatable bonds is 4. The van der Waals surface area contributed by atoms with Crippen molar-refractivity contribution in [3.63, 3.8) is 0 Å². The van der Waals surface area contributed by atoms with E-state index in [0.717, 1.165) is 66.8 Å². The van der Waals surface area contributed by atoms with Gasteiger partial charge in [0.1, 0.15) is 28.5 Å². The molecule has 0 spiro atoms. The summed E-state index contributed by atoms with van der Waals surface area (Å²) in [5.74, 6) is 2.13. The predicted octanol–water partition coefficient (Wildman–Crippen LogP) is 9.03. The van der Waals surface area contributed by atoms with Gasteiger partial charge in [0.05, 0.1) is 46.6 Å². The molecule has 2 aliphatic rings. The van der Waals surface area contributed by atoms with Crippen molar-refractivity contribution >= 4 is 59.7 Å². The summed E-state index contributed by atoms with van der Waals surface area (Å²) in [5, 5.41) is 0. The molecular formula is C38H40Br2N8O. The number of carbonyl (C=O) groups is 1. The van der Waals surface area contributed by atoms with Crippen LogP contribution in [0.15, 0.2) is 82.0 Å². The number of benzene rings is 2. The number of hydrogen-bond donors (Lipinski definition) is 2. The number of carbonyl (C=O) groups excluding carboxylic acids is 1. The van der Waals surface area contributed by atoms with E-state index in [4.69, 9.17) is 9.97 Å². The van der Waals surface area contributed by atoms with Crippen molar-refractivity contribution in [2.45, 2.75) is 70.1 Å². The Morgan fingerprint density at radius 2 is 1.14 bits per heavy atom. The van der Waals surface area contributed by atoms with Gasteiger partial charge >= 0.3 is 0 Å². The second-order valence-corrected chi connectivity index (χ2v) is 14.9. The molecule has 6 heterocycles. The minimum atomic E-state index is -0.0769. The lowest BCUT2D eigenvalue weighted by molar-refractivity contribution is -0.125. The number of fused-ring (bicyclic) bond motifs is 2. The first-order valence-electron chi connectivity index (χ1n) is 16.8. The molecule has 0 aliphatic carbocycles. The Bertz CT molecular complexity index is 2130. The maximum absolute atomic E-state index is 12.5. The van der Waals surface area contributed by atoms with Crippen molar-refractivity contribution in [3.8, 4) is 0 Å². The smallest absolute Gasteiger partial charge is 0.136 e. The molecule has 252 valence electrons. The van der Waals surface area contributed by atoms with Gasteiger partial charge in [-0.05, 0) is 127 Å². The van der Waals surface area contributed by atoms with Crippen molar-refractivity contribution in [1.82, 2.24) is 39.7 Å². The fourth-order valence-corrected chi connectivity index (χ4v) is 8.34. The molecule has 49 heavy (non-hydrogen) atoms. The fourth-order valence-electron chi connectivity index (χ4n) is 7.43. The fraction of sp³-hybridized carbons (Fsp3) is 0.342.